The number of hydrogen-bond acceptors (Lipinski definition) is 1. The van der Waals surface area contributed by atoms with Gasteiger partial charge >= 0.3 is 0 Å². The van der Waals surface area contributed by atoms with Crippen LogP contribution in [0.5, 0.6) is 0 Å². The molecular weight excluding hydrogens is 242 g/mol. The third kappa shape index (κ3) is 2.54. The molecule has 1 N–H and O–H groups in total. The normalized spacial score (nSPS) is 13.7. The molecule has 0 spiro atoms. The van der Waals surface area contributed by atoms with Crippen molar-refractivity contribution >= 4 is 12.2 Å². The Labute approximate surface area is 121 Å². The summed E-state index contributed by atoms with van der Waals surface area (Å²) < 4.78 is 0. The zero-order chi connectivity index (χ0) is 13.8. The summed E-state index contributed by atoms with van der Waals surface area (Å²) >= 11 is 0. The van der Waals surface area contributed by atoms with Gasteiger partial charge in [0.25, 0.3) is 0 Å². The molecule has 1 aliphatic carbocycles. The Morgan fingerprint density at radius 2 is 1.40 bits per heavy atom. The summed E-state index contributed by atoms with van der Waals surface area (Å²) in [6, 6.07) is 17.7. The fourth-order valence-electron chi connectivity index (χ4n) is 2.84. The van der Waals surface area contributed by atoms with Crippen LogP contribution in [0, 0.1) is 0 Å². The number of unbranched alkanes of at least 4 members (excludes halogenated alkanes) is 1. The van der Waals surface area contributed by atoms with Crippen molar-refractivity contribution in [3.8, 4) is 0 Å². The molecule has 102 valence electrons. The van der Waals surface area contributed by atoms with Crippen LogP contribution < -0.4 is 5.32 Å². The van der Waals surface area contributed by atoms with Gasteiger partial charge in [-0.15, -0.1) is 0 Å². The van der Waals surface area contributed by atoms with Crippen molar-refractivity contribution in [3.05, 3.63) is 70.8 Å². The monoisotopic (exact) mass is 263 g/mol. The van der Waals surface area contributed by atoms with Gasteiger partial charge in [0.1, 0.15) is 0 Å². The van der Waals surface area contributed by atoms with Crippen molar-refractivity contribution in [3.63, 3.8) is 0 Å². The summed E-state index contributed by atoms with van der Waals surface area (Å²) in [7, 11) is 0. The summed E-state index contributed by atoms with van der Waals surface area (Å²) in [6.45, 7) is 3.29. The molecule has 0 aliphatic heterocycles. The van der Waals surface area contributed by atoms with Gasteiger partial charge in [-0.2, -0.15) is 0 Å². The molecule has 1 nitrogen and oxygen atoms in total. The van der Waals surface area contributed by atoms with Gasteiger partial charge in [0.15, 0.2) is 0 Å². The van der Waals surface area contributed by atoms with Crippen LogP contribution in [0.25, 0.3) is 12.2 Å². The average Bonchev–Trinajstić information content (AvgIpc) is 2.66. The topological polar surface area (TPSA) is 12.0 Å². The van der Waals surface area contributed by atoms with Gasteiger partial charge < -0.3 is 5.32 Å². The van der Waals surface area contributed by atoms with E-state index in [-0.39, 0.29) is 0 Å². The molecule has 0 unspecified atom stereocenters. The summed E-state index contributed by atoms with van der Waals surface area (Å²) in [6.07, 6.45) is 6.90. The molecule has 3 rings (SSSR count). The first-order chi connectivity index (χ1) is 9.90. The smallest absolute Gasteiger partial charge is 0.0588 e. The van der Waals surface area contributed by atoms with Crippen LogP contribution in [0.1, 0.15) is 48.1 Å². The highest BCUT2D eigenvalue weighted by atomic mass is 14.9. The Morgan fingerprint density at radius 3 is 1.95 bits per heavy atom. The summed E-state index contributed by atoms with van der Waals surface area (Å²) in [5, 5.41) is 3.73. The van der Waals surface area contributed by atoms with Crippen LogP contribution in [0.3, 0.4) is 0 Å². The minimum absolute atomic E-state index is 0.295. The largest absolute Gasteiger partial charge is 0.306 e. The summed E-state index contributed by atoms with van der Waals surface area (Å²) in [4.78, 5) is 0. The zero-order valence-corrected chi connectivity index (χ0v) is 12.0. The third-order valence-electron chi connectivity index (χ3n) is 3.94. The Kier molecular flexibility index (Phi) is 3.98. The molecule has 20 heavy (non-hydrogen) atoms. The molecule has 0 atom stereocenters. The molecule has 0 aromatic heterocycles. The van der Waals surface area contributed by atoms with Crippen molar-refractivity contribution in [2.24, 2.45) is 0 Å². The van der Waals surface area contributed by atoms with Crippen molar-refractivity contribution < 1.29 is 0 Å². The standard InChI is InChI=1S/C19H21N/c1-2-3-14-20-19-17-10-6-4-8-15(17)12-13-16-9-5-7-11-18(16)19/h4-13,19-20H,2-3,14H2,1H3. The van der Waals surface area contributed by atoms with Gasteiger partial charge in [0, 0.05) is 0 Å². The maximum absolute atomic E-state index is 3.73. The predicted molar refractivity (Wildman–Crippen MR) is 86.6 cm³/mol. The molecule has 0 fully saturated rings. The molecule has 0 heterocycles. The number of benzene rings is 2. The maximum Gasteiger partial charge on any atom is 0.0588 e. The second kappa shape index (κ2) is 6.06. The minimum Gasteiger partial charge on any atom is -0.306 e. The maximum atomic E-state index is 3.73. The second-order valence-electron chi connectivity index (χ2n) is 5.33. The lowest BCUT2D eigenvalue weighted by Crippen LogP contribution is -2.24. The molecule has 2 aromatic carbocycles. The second-order valence-corrected chi connectivity index (χ2v) is 5.33. The first-order valence-corrected chi connectivity index (χ1v) is 7.49. The van der Waals surface area contributed by atoms with E-state index in [1.165, 1.54) is 35.1 Å². The highest BCUT2D eigenvalue weighted by Crippen LogP contribution is 2.32. The number of rotatable bonds is 4. The molecular formula is C19H21N. The first-order valence-electron chi connectivity index (χ1n) is 7.49. The van der Waals surface area contributed by atoms with E-state index in [1.54, 1.807) is 0 Å². The quantitative estimate of drug-likeness (QED) is 0.792. The molecule has 2 aromatic rings. The van der Waals surface area contributed by atoms with E-state index < -0.39 is 0 Å². The molecule has 0 radical (unpaired) electrons. The molecule has 1 aliphatic rings. The fourth-order valence-corrected chi connectivity index (χ4v) is 2.84. The average molecular weight is 263 g/mol. The Bertz CT molecular complexity index is 563. The SMILES string of the molecule is CCCCNC1c2ccccc2C=Cc2ccccc21. The van der Waals surface area contributed by atoms with Gasteiger partial charge in [-0.25, -0.2) is 0 Å². The third-order valence-corrected chi connectivity index (χ3v) is 3.94. The Hall–Kier alpha value is -1.86. The fraction of sp³-hybridized carbons (Fsp3) is 0.263. The van der Waals surface area contributed by atoms with Crippen LogP contribution in [0.4, 0.5) is 0 Å². The predicted octanol–water partition coefficient (Wildman–Crippen LogP) is 4.65. The van der Waals surface area contributed by atoms with E-state index in [0.717, 1.165) is 6.54 Å². The molecule has 0 saturated heterocycles. The van der Waals surface area contributed by atoms with Crippen LogP contribution in [0.15, 0.2) is 48.5 Å². The van der Waals surface area contributed by atoms with E-state index in [2.05, 4.69) is 72.9 Å². The molecule has 0 saturated carbocycles. The van der Waals surface area contributed by atoms with Crippen LogP contribution >= 0.6 is 0 Å². The number of fused-ring (bicyclic) bond motifs is 2. The van der Waals surface area contributed by atoms with E-state index >= 15 is 0 Å². The number of hydrogen-bond donors (Lipinski definition) is 1. The highest BCUT2D eigenvalue weighted by Gasteiger charge is 2.19. The van der Waals surface area contributed by atoms with Crippen LogP contribution in [0.2, 0.25) is 0 Å². The van der Waals surface area contributed by atoms with Crippen molar-refractivity contribution in [2.45, 2.75) is 25.8 Å². The molecule has 0 amide bonds. The van der Waals surface area contributed by atoms with Gasteiger partial charge in [0.05, 0.1) is 6.04 Å². The van der Waals surface area contributed by atoms with Crippen molar-refractivity contribution in [2.75, 3.05) is 6.54 Å². The van der Waals surface area contributed by atoms with Crippen molar-refractivity contribution in [1.29, 1.82) is 0 Å². The zero-order valence-electron chi connectivity index (χ0n) is 12.0. The molecule has 1 heteroatoms. The lowest BCUT2D eigenvalue weighted by Gasteiger charge is -2.21. The lowest BCUT2D eigenvalue weighted by atomic mass is 9.94. The van der Waals surface area contributed by atoms with E-state index in [4.69, 9.17) is 0 Å². The molecule has 0 bridgehead atoms. The van der Waals surface area contributed by atoms with E-state index in [1.807, 2.05) is 0 Å². The number of nitrogens with one attached hydrogen (secondary N) is 1. The summed E-state index contributed by atoms with van der Waals surface area (Å²) in [5.41, 5.74) is 5.39. The minimum atomic E-state index is 0.295. The van der Waals surface area contributed by atoms with Crippen LogP contribution in [-0.4, -0.2) is 6.54 Å². The summed E-state index contributed by atoms with van der Waals surface area (Å²) in [5.74, 6) is 0. The van der Waals surface area contributed by atoms with Crippen LogP contribution in [-0.2, 0) is 0 Å². The Balaban J connectivity index is 2.03. The van der Waals surface area contributed by atoms with Gasteiger partial charge in [0.2, 0.25) is 0 Å². The van der Waals surface area contributed by atoms with Gasteiger partial charge in [-0.1, -0.05) is 74.0 Å². The van der Waals surface area contributed by atoms with E-state index in [0.29, 0.717) is 6.04 Å². The Morgan fingerprint density at radius 1 is 0.850 bits per heavy atom. The lowest BCUT2D eigenvalue weighted by molar-refractivity contribution is 0.578. The first kappa shape index (κ1) is 13.1. The highest BCUT2D eigenvalue weighted by molar-refractivity contribution is 5.76. The van der Waals surface area contributed by atoms with Gasteiger partial charge in [-0.3, -0.25) is 0 Å². The van der Waals surface area contributed by atoms with Crippen molar-refractivity contribution in [1.82, 2.24) is 5.32 Å². The van der Waals surface area contributed by atoms with E-state index in [9.17, 15) is 0 Å². The van der Waals surface area contributed by atoms with Gasteiger partial charge in [-0.05, 0) is 35.2 Å².